The van der Waals surface area contributed by atoms with Gasteiger partial charge in [0, 0.05) is 17.8 Å². The van der Waals surface area contributed by atoms with E-state index in [1.165, 1.54) is 34.8 Å². The van der Waals surface area contributed by atoms with Crippen molar-refractivity contribution in [3.8, 4) is 5.69 Å². The molecule has 5 nitrogen and oxygen atoms in total. The van der Waals surface area contributed by atoms with Gasteiger partial charge in [-0.05, 0) is 42.3 Å². The Morgan fingerprint density at radius 2 is 1.87 bits per heavy atom. The van der Waals surface area contributed by atoms with Crippen molar-refractivity contribution in [2.75, 3.05) is 5.75 Å². The monoisotopic (exact) mass is 464 g/mol. The maximum absolute atomic E-state index is 13.1. The molecular formula is C21H16ClF3N4OS. The summed E-state index contributed by atoms with van der Waals surface area (Å²) in [6.45, 7) is 0. The predicted octanol–water partition coefficient (Wildman–Crippen LogP) is 5.13. The SMILES string of the molecule is Cn1cnc2c(=O)n(-c3cccc(Cl)c3)c(SCCc3ccc(C(F)(F)F)cc3)nc21. The Bertz CT molecular complexity index is 1300. The van der Waals surface area contributed by atoms with Crippen LogP contribution >= 0.6 is 23.4 Å². The van der Waals surface area contributed by atoms with Crippen LogP contribution in [0.15, 0.2) is 64.8 Å². The van der Waals surface area contributed by atoms with Crippen LogP contribution in [-0.4, -0.2) is 24.9 Å². The second kappa shape index (κ2) is 8.39. The third kappa shape index (κ3) is 4.47. The molecule has 0 saturated carbocycles. The van der Waals surface area contributed by atoms with Gasteiger partial charge in [0.1, 0.15) is 0 Å². The summed E-state index contributed by atoms with van der Waals surface area (Å²) < 4.78 is 41.3. The zero-order chi connectivity index (χ0) is 22.2. The van der Waals surface area contributed by atoms with Gasteiger partial charge in [-0.15, -0.1) is 0 Å². The normalized spacial score (nSPS) is 11.9. The van der Waals surface area contributed by atoms with Crippen molar-refractivity contribution < 1.29 is 13.2 Å². The Morgan fingerprint density at radius 3 is 2.55 bits per heavy atom. The molecule has 2 aromatic heterocycles. The van der Waals surface area contributed by atoms with Crippen LogP contribution in [0.5, 0.6) is 0 Å². The van der Waals surface area contributed by atoms with E-state index in [2.05, 4.69) is 9.97 Å². The van der Waals surface area contributed by atoms with Gasteiger partial charge < -0.3 is 4.57 Å². The van der Waals surface area contributed by atoms with E-state index in [1.807, 2.05) is 0 Å². The van der Waals surface area contributed by atoms with Crippen LogP contribution in [0.4, 0.5) is 13.2 Å². The fraction of sp³-hybridized carbons (Fsp3) is 0.190. The van der Waals surface area contributed by atoms with Crippen LogP contribution in [0.2, 0.25) is 5.02 Å². The molecule has 0 spiro atoms. The van der Waals surface area contributed by atoms with Crippen LogP contribution in [-0.2, 0) is 19.6 Å². The molecule has 2 aromatic carbocycles. The minimum atomic E-state index is -4.36. The molecule has 4 aromatic rings. The fourth-order valence-corrected chi connectivity index (χ4v) is 4.27. The van der Waals surface area contributed by atoms with Gasteiger partial charge in [-0.1, -0.05) is 41.6 Å². The lowest BCUT2D eigenvalue weighted by Crippen LogP contribution is -2.22. The smallest absolute Gasteiger partial charge is 0.318 e. The summed E-state index contributed by atoms with van der Waals surface area (Å²) in [4.78, 5) is 21.9. The molecule has 0 aliphatic carbocycles. The number of benzene rings is 2. The molecule has 0 atom stereocenters. The Balaban J connectivity index is 1.64. The van der Waals surface area contributed by atoms with Crippen molar-refractivity contribution in [3.63, 3.8) is 0 Å². The molecule has 0 radical (unpaired) electrons. The van der Waals surface area contributed by atoms with Gasteiger partial charge >= 0.3 is 6.18 Å². The number of aryl methyl sites for hydroxylation is 2. The van der Waals surface area contributed by atoms with Gasteiger partial charge in [0.2, 0.25) is 0 Å². The zero-order valence-electron chi connectivity index (χ0n) is 16.2. The first-order valence-electron chi connectivity index (χ1n) is 9.23. The van der Waals surface area contributed by atoms with E-state index in [0.717, 1.165) is 17.7 Å². The summed E-state index contributed by atoms with van der Waals surface area (Å²) in [5.74, 6) is 0.516. The van der Waals surface area contributed by atoms with Crippen LogP contribution in [0.1, 0.15) is 11.1 Å². The molecule has 0 fully saturated rings. The van der Waals surface area contributed by atoms with Crippen molar-refractivity contribution in [3.05, 3.63) is 81.4 Å². The predicted molar refractivity (Wildman–Crippen MR) is 115 cm³/mol. The minimum Gasteiger partial charge on any atom is -0.318 e. The van der Waals surface area contributed by atoms with Crippen molar-refractivity contribution in [1.82, 2.24) is 19.1 Å². The topological polar surface area (TPSA) is 52.7 Å². The molecule has 0 aliphatic rings. The third-order valence-electron chi connectivity index (χ3n) is 4.67. The van der Waals surface area contributed by atoms with Crippen molar-refractivity contribution in [2.45, 2.75) is 17.8 Å². The number of nitrogens with zero attached hydrogens (tertiary/aromatic N) is 4. The largest absolute Gasteiger partial charge is 0.416 e. The van der Waals surface area contributed by atoms with Crippen molar-refractivity contribution >= 4 is 34.5 Å². The lowest BCUT2D eigenvalue weighted by Gasteiger charge is -2.12. The number of aromatic nitrogens is 4. The number of rotatable bonds is 5. The molecule has 0 unspecified atom stereocenters. The minimum absolute atomic E-state index is 0.245. The van der Waals surface area contributed by atoms with E-state index < -0.39 is 11.7 Å². The van der Waals surface area contributed by atoms with E-state index >= 15 is 0 Å². The first kappa shape index (κ1) is 21.5. The molecular weight excluding hydrogens is 449 g/mol. The molecule has 160 valence electrons. The Labute approximate surface area is 184 Å². The molecule has 2 heterocycles. The van der Waals surface area contributed by atoms with E-state index in [-0.39, 0.29) is 11.1 Å². The van der Waals surface area contributed by atoms with E-state index in [1.54, 1.807) is 35.9 Å². The van der Waals surface area contributed by atoms with Crippen LogP contribution in [0, 0.1) is 0 Å². The molecule has 0 N–H and O–H groups in total. The van der Waals surface area contributed by atoms with Crippen molar-refractivity contribution in [1.29, 1.82) is 0 Å². The number of alkyl halides is 3. The van der Waals surface area contributed by atoms with E-state index in [9.17, 15) is 18.0 Å². The summed E-state index contributed by atoms with van der Waals surface area (Å²) in [5, 5.41) is 0.932. The fourth-order valence-electron chi connectivity index (χ4n) is 3.10. The molecule has 10 heteroatoms. The highest BCUT2D eigenvalue weighted by Crippen LogP contribution is 2.29. The van der Waals surface area contributed by atoms with Gasteiger partial charge in [0.15, 0.2) is 16.3 Å². The van der Waals surface area contributed by atoms with E-state index in [4.69, 9.17) is 11.6 Å². The lowest BCUT2D eigenvalue weighted by molar-refractivity contribution is -0.137. The first-order chi connectivity index (χ1) is 14.7. The highest BCUT2D eigenvalue weighted by atomic mass is 35.5. The molecule has 0 amide bonds. The van der Waals surface area contributed by atoms with Crippen molar-refractivity contribution in [2.24, 2.45) is 7.05 Å². The average molecular weight is 465 g/mol. The molecule has 0 bridgehead atoms. The maximum atomic E-state index is 13.1. The Kier molecular flexibility index (Phi) is 5.81. The zero-order valence-corrected chi connectivity index (χ0v) is 17.8. The Morgan fingerprint density at radius 1 is 1.13 bits per heavy atom. The standard InChI is InChI=1S/C21H16ClF3N4OS/c1-28-12-26-17-18(28)27-20(29(19(17)30)16-4-2-3-15(22)11-16)31-10-9-13-5-7-14(8-6-13)21(23,24)25/h2-8,11-12H,9-10H2,1H3. The first-order valence-corrected chi connectivity index (χ1v) is 10.6. The third-order valence-corrected chi connectivity index (χ3v) is 5.85. The summed E-state index contributed by atoms with van der Waals surface area (Å²) in [7, 11) is 1.75. The number of fused-ring (bicyclic) bond motifs is 1. The van der Waals surface area contributed by atoms with E-state index in [0.29, 0.717) is 33.7 Å². The molecule has 4 rings (SSSR count). The van der Waals surface area contributed by atoms with Crippen LogP contribution in [0.3, 0.4) is 0 Å². The van der Waals surface area contributed by atoms with Gasteiger partial charge in [0.25, 0.3) is 5.56 Å². The van der Waals surface area contributed by atoms with Gasteiger partial charge in [-0.25, -0.2) is 9.97 Å². The number of imidazole rings is 1. The number of halogens is 4. The maximum Gasteiger partial charge on any atom is 0.416 e. The molecule has 31 heavy (non-hydrogen) atoms. The molecule has 0 saturated heterocycles. The molecule has 0 aliphatic heterocycles. The second-order valence-electron chi connectivity index (χ2n) is 6.84. The summed E-state index contributed by atoms with van der Waals surface area (Å²) >= 11 is 7.45. The summed E-state index contributed by atoms with van der Waals surface area (Å²) in [5.41, 5.74) is 1.04. The summed E-state index contributed by atoms with van der Waals surface area (Å²) in [6.07, 6.45) is -2.32. The lowest BCUT2D eigenvalue weighted by atomic mass is 10.1. The highest BCUT2D eigenvalue weighted by Gasteiger charge is 2.29. The number of thioether (sulfide) groups is 1. The Hall–Kier alpha value is -2.78. The van der Waals surface area contributed by atoms with Gasteiger partial charge in [-0.2, -0.15) is 13.2 Å². The second-order valence-corrected chi connectivity index (χ2v) is 8.33. The van der Waals surface area contributed by atoms with Gasteiger partial charge in [0.05, 0.1) is 17.6 Å². The van der Waals surface area contributed by atoms with Gasteiger partial charge in [-0.3, -0.25) is 9.36 Å². The average Bonchev–Trinajstić information content (AvgIpc) is 3.09. The number of hydrogen-bond acceptors (Lipinski definition) is 4. The highest BCUT2D eigenvalue weighted by molar-refractivity contribution is 7.99. The van der Waals surface area contributed by atoms with Crippen LogP contribution in [0.25, 0.3) is 16.9 Å². The summed E-state index contributed by atoms with van der Waals surface area (Å²) in [6, 6.07) is 11.9. The quantitative estimate of drug-likeness (QED) is 0.303. The van der Waals surface area contributed by atoms with Crippen LogP contribution < -0.4 is 5.56 Å². The number of hydrogen-bond donors (Lipinski definition) is 0.